The number of phenols is 1. The number of benzene rings is 1. The second-order valence-corrected chi connectivity index (χ2v) is 6.78. The van der Waals surface area contributed by atoms with Gasteiger partial charge in [-0.1, -0.05) is 6.08 Å². The van der Waals surface area contributed by atoms with E-state index >= 15 is 0 Å². The van der Waals surface area contributed by atoms with Gasteiger partial charge in [-0.3, -0.25) is 0 Å². The summed E-state index contributed by atoms with van der Waals surface area (Å²) in [5.41, 5.74) is 6.35. The van der Waals surface area contributed by atoms with Crippen LogP contribution in [0.1, 0.15) is 43.6 Å². The zero-order valence-corrected chi connectivity index (χ0v) is 14.8. The Kier molecular flexibility index (Phi) is 5.08. The SMILES string of the molecule is COC(=O)c1ccc(O)c(C=C(CN)B2OC(C)(C)C(C)(C)O2)c1. The molecule has 1 fully saturated rings. The van der Waals surface area contributed by atoms with Crippen LogP contribution in [0, 0.1) is 0 Å². The van der Waals surface area contributed by atoms with Crippen molar-refractivity contribution in [3.63, 3.8) is 0 Å². The Labute approximate surface area is 142 Å². The van der Waals surface area contributed by atoms with E-state index in [4.69, 9.17) is 19.8 Å². The van der Waals surface area contributed by atoms with Crippen LogP contribution in [0.3, 0.4) is 0 Å². The van der Waals surface area contributed by atoms with Gasteiger partial charge in [0, 0.05) is 12.1 Å². The van der Waals surface area contributed by atoms with E-state index in [0.717, 1.165) is 0 Å². The van der Waals surface area contributed by atoms with E-state index in [1.54, 1.807) is 12.1 Å². The largest absolute Gasteiger partial charge is 0.507 e. The standard InChI is InChI=1S/C17H24BNO5/c1-16(2)17(3,4)24-18(23-16)13(10-19)9-12-8-11(15(21)22-5)6-7-14(12)20/h6-9,20H,10,19H2,1-5H3. The maximum absolute atomic E-state index is 11.7. The van der Waals surface area contributed by atoms with E-state index in [9.17, 15) is 9.90 Å². The Morgan fingerprint density at radius 2 is 1.88 bits per heavy atom. The lowest BCUT2D eigenvalue weighted by molar-refractivity contribution is 0.00578. The molecule has 0 atom stereocenters. The first kappa shape index (κ1) is 18.5. The Hall–Kier alpha value is -1.83. The van der Waals surface area contributed by atoms with Crippen molar-refractivity contribution in [3.05, 3.63) is 34.8 Å². The van der Waals surface area contributed by atoms with Gasteiger partial charge in [0.15, 0.2) is 0 Å². The summed E-state index contributed by atoms with van der Waals surface area (Å²) in [5, 5.41) is 10.1. The van der Waals surface area contributed by atoms with E-state index < -0.39 is 24.3 Å². The fraction of sp³-hybridized carbons (Fsp3) is 0.471. The number of ether oxygens (including phenoxy) is 1. The summed E-state index contributed by atoms with van der Waals surface area (Å²) in [6, 6.07) is 4.48. The van der Waals surface area contributed by atoms with Crippen LogP contribution in [0.4, 0.5) is 0 Å². The van der Waals surface area contributed by atoms with Crippen LogP contribution in [0.2, 0.25) is 0 Å². The first-order valence-electron chi connectivity index (χ1n) is 7.79. The summed E-state index contributed by atoms with van der Waals surface area (Å²) in [6.07, 6.45) is 1.68. The molecule has 1 aromatic carbocycles. The zero-order valence-electron chi connectivity index (χ0n) is 14.8. The molecule has 0 bridgehead atoms. The third kappa shape index (κ3) is 3.48. The number of nitrogens with two attached hydrogens (primary N) is 1. The number of methoxy groups -OCH3 is 1. The summed E-state index contributed by atoms with van der Waals surface area (Å²) < 4.78 is 16.7. The molecule has 1 aliphatic heterocycles. The molecule has 3 N–H and O–H groups in total. The van der Waals surface area contributed by atoms with Crippen LogP contribution in [-0.2, 0) is 14.0 Å². The molecule has 6 nitrogen and oxygen atoms in total. The molecule has 1 saturated heterocycles. The number of phenolic OH excluding ortho intramolecular Hbond substituents is 1. The van der Waals surface area contributed by atoms with Gasteiger partial charge < -0.3 is 24.9 Å². The number of hydrogen-bond acceptors (Lipinski definition) is 6. The third-order valence-corrected chi connectivity index (χ3v) is 4.58. The summed E-state index contributed by atoms with van der Waals surface area (Å²) in [5.74, 6) is -0.445. The van der Waals surface area contributed by atoms with Crippen LogP contribution in [-0.4, -0.2) is 43.1 Å². The number of carbonyl (C=O) groups is 1. The molecular weight excluding hydrogens is 309 g/mol. The lowest BCUT2D eigenvalue weighted by Crippen LogP contribution is -2.41. The van der Waals surface area contributed by atoms with E-state index in [1.165, 1.54) is 19.2 Å². The maximum Gasteiger partial charge on any atom is 0.491 e. The fourth-order valence-corrected chi connectivity index (χ4v) is 2.33. The molecule has 1 heterocycles. The van der Waals surface area contributed by atoms with Crippen LogP contribution in [0.15, 0.2) is 23.7 Å². The van der Waals surface area contributed by atoms with Crippen LogP contribution < -0.4 is 5.73 Å². The van der Waals surface area contributed by atoms with Gasteiger partial charge in [-0.05, 0) is 51.4 Å². The Morgan fingerprint density at radius 3 is 2.38 bits per heavy atom. The van der Waals surface area contributed by atoms with Crippen molar-refractivity contribution >= 4 is 19.2 Å². The van der Waals surface area contributed by atoms with E-state index in [1.807, 2.05) is 27.7 Å². The summed E-state index contributed by atoms with van der Waals surface area (Å²) in [6.45, 7) is 8.01. The highest BCUT2D eigenvalue weighted by atomic mass is 16.7. The molecule has 0 aromatic heterocycles. The van der Waals surface area contributed by atoms with Crippen LogP contribution in [0.25, 0.3) is 6.08 Å². The molecule has 0 aliphatic carbocycles. The topological polar surface area (TPSA) is 91.0 Å². The quantitative estimate of drug-likeness (QED) is 0.648. The van der Waals surface area contributed by atoms with Gasteiger partial charge in [0.2, 0.25) is 0 Å². The smallest absolute Gasteiger partial charge is 0.491 e. The van der Waals surface area contributed by atoms with Crippen molar-refractivity contribution in [2.24, 2.45) is 5.73 Å². The van der Waals surface area contributed by atoms with Crippen molar-refractivity contribution in [2.45, 2.75) is 38.9 Å². The van der Waals surface area contributed by atoms with Crippen LogP contribution >= 0.6 is 0 Å². The summed E-state index contributed by atoms with van der Waals surface area (Å²) in [7, 11) is 0.696. The zero-order chi connectivity index (χ0) is 18.1. The number of esters is 1. The van der Waals surface area contributed by atoms with Crippen molar-refractivity contribution in [2.75, 3.05) is 13.7 Å². The minimum atomic E-state index is -0.610. The number of hydrogen-bond donors (Lipinski definition) is 2. The molecule has 1 aromatic rings. The molecular formula is C17H24BNO5. The highest BCUT2D eigenvalue weighted by Gasteiger charge is 2.52. The molecule has 0 unspecified atom stereocenters. The maximum atomic E-state index is 11.7. The molecule has 24 heavy (non-hydrogen) atoms. The predicted octanol–water partition coefficient (Wildman–Crippen LogP) is 2.15. The molecule has 0 amide bonds. The normalized spacial score (nSPS) is 19.4. The third-order valence-electron chi connectivity index (χ3n) is 4.58. The van der Waals surface area contributed by atoms with Crippen molar-refractivity contribution in [1.29, 1.82) is 0 Å². The molecule has 0 radical (unpaired) electrons. The van der Waals surface area contributed by atoms with Gasteiger partial charge in [-0.2, -0.15) is 0 Å². The average Bonchev–Trinajstić information content (AvgIpc) is 2.73. The predicted molar refractivity (Wildman–Crippen MR) is 92.6 cm³/mol. The summed E-state index contributed by atoms with van der Waals surface area (Å²) in [4.78, 5) is 11.7. The molecule has 0 saturated carbocycles. The van der Waals surface area contributed by atoms with Gasteiger partial charge in [0.25, 0.3) is 0 Å². The van der Waals surface area contributed by atoms with Gasteiger partial charge in [0.05, 0.1) is 23.9 Å². The minimum Gasteiger partial charge on any atom is -0.507 e. The highest BCUT2D eigenvalue weighted by molar-refractivity contribution is 6.56. The monoisotopic (exact) mass is 333 g/mol. The van der Waals surface area contributed by atoms with Gasteiger partial charge in [-0.15, -0.1) is 0 Å². The fourth-order valence-electron chi connectivity index (χ4n) is 2.33. The lowest BCUT2D eigenvalue weighted by Gasteiger charge is -2.32. The van der Waals surface area contributed by atoms with E-state index in [2.05, 4.69) is 0 Å². The molecule has 7 heteroatoms. The minimum absolute atomic E-state index is 0.0325. The second-order valence-electron chi connectivity index (χ2n) is 6.78. The molecule has 0 spiro atoms. The number of carbonyl (C=O) groups excluding carboxylic acids is 1. The first-order chi connectivity index (χ1) is 11.1. The van der Waals surface area contributed by atoms with E-state index in [-0.39, 0.29) is 12.3 Å². The van der Waals surface area contributed by atoms with E-state index in [0.29, 0.717) is 16.6 Å². The highest BCUT2D eigenvalue weighted by Crippen LogP contribution is 2.39. The van der Waals surface area contributed by atoms with Crippen molar-refractivity contribution in [1.82, 2.24) is 0 Å². The Morgan fingerprint density at radius 1 is 1.29 bits per heavy atom. The first-order valence-corrected chi connectivity index (χ1v) is 7.79. The van der Waals surface area contributed by atoms with Crippen molar-refractivity contribution in [3.8, 4) is 5.75 Å². The van der Waals surface area contributed by atoms with Gasteiger partial charge in [-0.25, -0.2) is 4.79 Å². The van der Waals surface area contributed by atoms with Gasteiger partial charge in [0.1, 0.15) is 5.75 Å². The van der Waals surface area contributed by atoms with Crippen molar-refractivity contribution < 1.29 is 23.9 Å². The number of rotatable bonds is 4. The Bertz CT molecular complexity index is 653. The summed E-state index contributed by atoms with van der Waals surface area (Å²) >= 11 is 0. The van der Waals surface area contributed by atoms with Gasteiger partial charge >= 0.3 is 13.1 Å². The lowest BCUT2D eigenvalue weighted by atomic mass is 9.77. The Balaban J connectivity index is 2.37. The van der Waals surface area contributed by atoms with Crippen LogP contribution in [0.5, 0.6) is 5.75 Å². The molecule has 1 aliphatic rings. The average molecular weight is 333 g/mol. The second kappa shape index (κ2) is 6.59. The molecule has 2 rings (SSSR count). The number of aromatic hydroxyl groups is 1. The molecule has 130 valence electrons.